The van der Waals surface area contributed by atoms with Crippen LogP contribution in [-0.4, -0.2) is 14.2 Å². The molecule has 0 saturated carbocycles. The number of hydrogen-bond acceptors (Lipinski definition) is 3. The van der Waals surface area contributed by atoms with Crippen LogP contribution in [0.3, 0.4) is 0 Å². The third kappa shape index (κ3) is 0.742. The first-order chi connectivity index (χ1) is 3.30. The van der Waals surface area contributed by atoms with E-state index >= 15 is 0 Å². The van der Waals surface area contributed by atoms with Crippen LogP contribution >= 0.6 is 12.8 Å². The van der Waals surface area contributed by atoms with Crippen molar-refractivity contribution in [1.82, 2.24) is 14.2 Å². The Morgan fingerprint density at radius 2 is 2.57 bits per heavy atom. The lowest BCUT2D eigenvalue weighted by Gasteiger charge is -1.82. The van der Waals surface area contributed by atoms with E-state index < -0.39 is 0 Å². The minimum atomic E-state index is 0.809. The Kier molecular flexibility index (Phi) is 1.02. The highest BCUT2D eigenvalue weighted by Crippen LogP contribution is 1.90. The molecule has 4 heteroatoms. The van der Waals surface area contributed by atoms with Gasteiger partial charge in [0.05, 0.1) is 0 Å². The van der Waals surface area contributed by atoms with Crippen LogP contribution in [0.2, 0.25) is 0 Å². The number of aryl methyl sites for hydroxylation is 1. The minimum Gasteiger partial charge on any atom is -0.261 e. The maximum Gasteiger partial charge on any atom is 0.139 e. The molecule has 0 saturated heterocycles. The molecule has 0 bridgehead atoms. The highest BCUT2D eigenvalue weighted by Gasteiger charge is 1.86. The molecule has 7 heavy (non-hydrogen) atoms. The van der Waals surface area contributed by atoms with Crippen LogP contribution in [0.15, 0.2) is 6.33 Å². The van der Waals surface area contributed by atoms with Crippen molar-refractivity contribution in [2.45, 2.75) is 6.92 Å². The van der Waals surface area contributed by atoms with Crippen molar-refractivity contribution in [1.29, 1.82) is 0 Å². The van der Waals surface area contributed by atoms with Crippen molar-refractivity contribution in [2.75, 3.05) is 0 Å². The third-order valence-electron chi connectivity index (χ3n) is 0.695. The fraction of sp³-hybridized carbons (Fsp3) is 0.333. The molecular formula is C3H5N3S. The van der Waals surface area contributed by atoms with E-state index in [4.69, 9.17) is 0 Å². The number of nitrogens with zero attached hydrogens (tertiary/aromatic N) is 3. The Hall–Kier alpha value is -0.510. The number of rotatable bonds is 0. The van der Waals surface area contributed by atoms with E-state index in [0.717, 1.165) is 5.82 Å². The first kappa shape index (κ1) is 4.64. The number of hydrogen-bond donors (Lipinski definition) is 1. The molecule has 0 aliphatic heterocycles. The number of thiol groups is 1. The van der Waals surface area contributed by atoms with Crippen LogP contribution in [0, 0.1) is 6.92 Å². The Morgan fingerprint density at radius 1 is 1.86 bits per heavy atom. The van der Waals surface area contributed by atoms with E-state index in [-0.39, 0.29) is 0 Å². The Balaban J connectivity index is 3.12. The van der Waals surface area contributed by atoms with Gasteiger partial charge < -0.3 is 0 Å². The molecule has 0 radical (unpaired) electrons. The second-order valence-electron chi connectivity index (χ2n) is 1.22. The van der Waals surface area contributed by atoms with Gasteiger partial charge >= 0.3 is 0 Å². The first-order valence-electron chi connectivity index (χ1n) is 1.86. The molecule has 0 N–H and O–H groups in total. The lowest BCUT2D eigenvalue weighted by Crippen LogP contribution is -1.79. The van der Waals surface area contributed by atoms with Gasteiger partial charge in [0.25, 0.3) is 0 Å². The summed E-state index contributed by atoms with van der Waals surface area (Å²) in [7, 11) is 0. The summed E-state index contributed by atoms with van der Waals surface area (Å²) in [5.41, 5.74) is 0. The van der Waals surface area contributed by atoms with Crippen molar-refractivity contribution >= 4 is 12.8 Å². The molecule has 0 unspecified atom stereocenters. The minimum absolute atomic E-state index is 0.809. The van der Waals surface area contributed by atoms with Crippen molar-refractivity contribution in [3.63, 3.8) is 0 Å². The number of aromatic nitrogens is 3. The van der Waals surface area contributed by atoms with Gasteiger partial charge in [-0.15, -0.1) is 10.2 Å². The molecule has 0 amide bonds. The zero-order valence-corrected chi connectivity index (χ0v) is 4.76. The molecular weight excluding hydrogens is 110 g/mol. The van der Waals surface area contributed by atoms with Gasteiger partial charge in [-0.3, -0.25) is 3.97 Å². The summed E-state index contributed by atoms with van der Waals surface area (Å²) < 4.78 is 1.56. The molecule has 38 valence electrons. The first-order valence-corrected chi connectivity index (χ1v) is 2.26. The van der Waals surface area contributed by atoms with Crippen molar-refractivity contribution in [3.05, 3.63) is 12.2 Å². The average molecular weight is 115 g/mol. The van der Waals surface area contributed by atoms with Crippen LogP contribution < -0.4 is 0 Å². The largest absolute Gasteiger partial charge is 0.261 e. The average Bonchev–Trinajstić information content (AvgIpc) is 1.91. The van der Waals surface area contributed by atoms with Crippen molar-refractivity contribution < 1.29 is 0 Å². The molecule has 1 rings (SSSR count). The van der Waals surface area contributed by atoms with Crippen LogP contribution in [0.25, 0.3) is 0 Å². The van der Waals surface area contributed by atoms with Gasteiger partial charge in [0, 0.05) is 0 Å². The Labute approximate surface area is 46.9 Å². The van der Waals surface area contributed by atoms with Gasteiger partial charge in [0.1, 0.15) is 12.2 Å². The third-order valence-corrected chi connectivity index (χ3v) is 1.09. The van der Waals surface area contributed by atoms with Gasteiger partial charge in [-0.1, -0.05) is 12.8 Å². The molecule has 1 aromatic heterocycles. The summed E-state index contributed by atoms with van der Waals surface area (Å²) in [5, 5.41) is 7.21. The van der Waals surface area contributed by atoms with Gasteiger partial charge in [-0.05, 0) is 6.92 Å². The van der Waals surface area contributed by atoms with Crippen molar-refractivity contribution in [3.8, 4) is 0 Å². The molecule has 0 aliphatic carbocycles. The molecule has 0 atom stereocenters. The van der Waals surface area contributed by atoms with Gasteiger partial charge in [0.15, 0.2) is 0 Å². The van der Waals surface area contributed by atoms with Crippen LogP contribution in [0.5, 0.6) is 0 Å². The van der Waals surface area contributed by atoms with E-state index in [2.05, 4.69) is 23.0 Å². The summed E-state index contributed by atoms with van der Waals surface area (Å²) >= 11 is 3.94. The van der Waals surface area contributed by atoms with Gasteiger partial charge in [-0.2, -0.15) is 0 Å². The predicted molar refractivity (Wildman–Crippen MR) is 29.1 cm³/mol. The molecule has 0 fully saturated rings. The Bertz CT molecular complexity index is 142. The molecule has 1 aromatic rings. The predicted octanol–water partition coefficient (Wildman–Crippen LogP) is 0.279. The highest BCUT2D eigenvalue weighted by molar-refractivity contribution is 7.78. The fourth-order valence-corrected chi connectivity index (χ4v) is 0.374. The summed E-state index contributed by atoms with van der Waals surface area (Å²) in [6.45, 7) is 1.83. The van der Waals surface area contributed by atoms with Crippen molar-refractivity contribution in [2.24, 2.45) is 0 Å². The van der Waals surface area contributed by atoms with Crippen LogP contribution in [0.1, 0.15) is 5.82 Å². The second kappa shape index (κ2) is 1.54. The fourth-order valence-electron chi connectivity index (χ4n) is 0.288. The van der Waals surface area contributed by atoms with E-state index in [1.807, 2.05) is 6.92 Å². The Morgan fingerprint density at radius 3 is 2.71 bits per heavy atom. The van der Waals surface area contributed by atoms with Gasteiger partial charge in [0.2, 0.25) is 0 Å². The topological polar surface area (TPSA) is 30.7 Å². The lowest BCUT2D eigenvalue weighted by atomic mass is 10.8. The van der Waals surface area contributed by atoms with Crippen LogP contribution in [0.4, 0.5) is 0 Å². The van der Waals surface area contributed by atoms with Crippen LogP contribution in [-0.2, 0) is 0 Å². The SMILES string of the molecule is Cc1nncn1S. The normalized spacial score (nSPS) is 9.43. The second-order valence-corrected chi connectivity index (χ2v) is 1.65. The van der Waals surface area contributed by atoms with E-state index in [1.165, 1.54) is 0 Å². The zero-order valence-electron chi connectivity index (χ0n) is 3.87. The quantitative estimate of drug-likeness (QED) is 0.492. The summed E-state index contributed by atoms with van der Waals surface area (Å²) in [4.78, 5) is 0. The maximum atomic E-state index is 3.94. The monoisotopic (exact) mass is 115 g/mol. The molecule has 0 aromatic carbocycles. The lowest BCUT2D eigenvalue weighted by molar-refractivity contribution is 1.03. The van der Waals surface area contributed by atoms with E-state index in [1.54, 1.807) is 10.3 Å². The molecule has 0 aliphatic rings. The highest BCUT2D eigenvalue weighted by atomic mass is 32.1. The molecule has 3 nitrogen and oxygen atoms in total. The molecule has 1 heterocycles. The van der Waals surface area contributed by atoms with Gasteiger partial charge in [-0.25, -0.2) is 0 Å². The maximum absolute atomic E-state index is 3.94. The summed E-state index contributed by atoms with van der Waals surface area (Å²) in [6.07, 6.45) is 1.54. The molecule has 0 spiro atoms. The summed E-state index contributed by atoms with van der Waals surface area (Å²) in [6, 6.07) is 0. The summed E-state index contributed by atoms with van der Waals surface area (Å²) in [5.74, 6) is 0.809. The standard InChI is InChI=1S/C3H5N3S/c1-3-5-4-2-6(3)7/h2,7H,1H3. The van der Waals surface area contributed by atoms with E-state index in [0.29, 0.717) is 0 Å². The zero-order chi connectivity index (χ0) is 5.28. The smallest absolute Gasteiger partial charge is 0.139 e. The van der Waals surface area contributed by atoms with E-state index in [9.17, 15) is 0 Å².